The maximum atomic E-state index is 11.5. The highest BCUT2D eigenvalue weighted by molar-refractivity contribution is 5.91. The molecule has 14 heavy (non-hydrogen) atoms. The Morgan fingerprint density at radius 1 is 1.79 bits per heavy atom. The Morgan fingerprint density at radius 3 is 3.07 bits per heavy atom. The van der Waals surface area contributed by atoms with Crippen molar-refractivity contribution < 1.29 is 9.53 Å². The third kappa shape index (κ3) is 2.81. The lowest BCUT2D eigenvalue weighted by Gasteiger charge is -2.14. The summed E-state index contributed by atoms with van der Waals surface area (Å²) in [5, 5.41) is 12.4. The Bertz CT molecular complexity index is 273. The minimum absolute atomic E-state index is 0.0178. The highest BCUT2D eigenvalue weighted by Crippen LogP contribution is 1.95. The molecule has 1 atom stereocenters. The van der Waals surface area contributed by atoms with Crippen LogP contribution in [0, 0.1) is 0 Å². The van der Waals surface area contributed by atoms with Crippen LogP contribution >= 0.6 is 0 Å². The van der Waals surface area contributed by atoms with Crippen LogP contribution in [0.3, 0.4) is 0 Å². The second-order valence-electron chi connectivity index (χ2n) is 2.89. The van der Waals surface area contributed by atoms with Gasteiger partial charge in [0, 0.05) is 7.11 Å². The first-order valence-corrected chi connectivity index (χ1v) is 4.43. The number of methoxy groups -OCH3 is 1. The van der Waals surface area contributed by atoms with Crippen molar-refractivity contribution in [3.63, 3.8) is 0 Å². The lowest BCUT2D eigenvalue weighted by atomic mass is 10.2. The molecule has 0 saturated carbocycles. The van der Waals surface area contributed by atoms with Gasteiger partial charge in [0.2, 0.25) is 0 Å². The summed E-state index contributed by atoms with van der Waals surface area (Å²) < 4.78 is 4.95. The fourth-order valence-electron chi connectivity index (χ4n) is 1.03. The molecule has 1 heterocycles. The molecule has 1 unspecified atom stereocenters. The molecule has 1 aromatic heterocycles. The van der Waals surface area contributed by atoms with E-state index in [-0.39, 0.29) is 11.9 Å². The van der Waals surface area contributed by atoms with Crippen LogP contribution in [-0.4, -0.2) is 41.1 Å². The highest BCUT2D eigenvalue weighted by atomic mass is 16.5. The van der Waals surface area contributed by atoms with E-state index in [4.69, 9.17) is 4.74 Å². The van der Waals surface area contributed by atoms with Crippen LogP contribution in [0.4, 0.5) is 0 Å². The molecule has 0 radical (unpaired) electrons. The molecule has 1 amide bonds. The third-order valence-corrected chi connectivity index (χ3v) is 1.84. The van der Waals surface area contributed by atoms with E-state index in [1.807, 2.05) is 6.92 Å². The number of hydrogen-bond donors (Lipinski definition) is 2. The quantitative estimate of drug-likeness (QED) is 0.695. The van der Waals surface area contributed by atoms with Gasteiger partial charge in [0.05, 0.1) is 18.8 Å². The highest BCUT2D eigenvalue weighted by Gasteiger charge is 2.13. The Balaban J connectivity index is 2.47. The fraction of sp³-hybridized carbons (Fsp3) is 0.625. The molecule has 0 fully saturated rings. The predicted molar refractivity (Wildman–Crippen MR) is 49.8 cm³/mol. The van der Waals surface area contributed by atoms with Gasteiger partial charge in [-0.25, -0.2) is 0 Å². The van der Waals surface area contributed by atoms with Gasteiger partial charge in [0.15, 0.2) is 5.69 Å². The van der Waals surface area contributed by atoms with Gasteiger partial charge in [-0.05, 0) is 6.42 Å². The molecule has 0 bridgehead atoms. The summed E-state index contributed by atoms with van der Waals surface area (Å²) in [6, 6.07) is 0.0178. The maximum absolute atomic E-state index is 11.5. The van der Waals surface area contributed by atoms with Crippen LogP contribution in [0.5, 0.6) is 0 Å². The van der Waals surface area contributed by atoms with Crippen LogP contribution in [0.2, 0.25) is 0 Å². The second kappa shape index (κ2) is 5.33. The molecule has 0 aromatic carbocycles. The van der Waals surface area contributed by atoms with Crippen molar-refractivity contribution in [2.24, 2.45) is 0 Å². The van der Waals surface area contributed by atoms with Crippen molar-refractivity contribution >= 4 is 5.91 Å². The Labute approximate surface area is 82.0 Å². The van der Waals surface area contributed by atoms with Crippen LogP contribution in [0.1, 0.15) is 23.8 Å². The van der Waals surface area contributed by atoms with Gasteiger partial charge in [-0.3, -0.25) is 4.79 Å². The van der Waals surface area contributed by atoms with Gasteiger partial charge in [-0.15, -0.1) is 0 Å². The summed E-state index contributed by atoms with van der Waals surface area (Å²) in [4.78, 5) is 11.5. The van der Waals surface area contributed by atoms with Crippen LogP contribution in [0.25, 0.3) is 0 Å². The molecule has 0 spiro atoms. The Morgan fingerprint density at radius 2 is 2.57 bits per heavy atom. The lowest BCUT2D eigenvalue weighted by Crippen LogP contribution is -2.37. The fourth-order valence-corrected chi connectivity index (χ4v) is 1.03. The molecule has 6 heteroatoms. The number of nitrogens with zero attached hydrogens (tertiary/aromatic N) is 2. The van der Waals surface area contributed by atoms with Gasteiger partial charge in [0.25, 0.3) is 5.91 Å². The van der Waals surface area contributed by atoms with Crippen molar-refractivity contribution in [3.05, 3.63) is 11.9 Å². The van der Waals surface area contributed by atoms with Crippen LogP contribution in [-0.2, 0) is 4.74 Å². The van der Waals surface area contributed by atoms with E-state index in [1.54, 1.807) is 7.11 Å². The molecule has 1 rings (SSSR count). The first kappa shape index (κ1) is 10.6. The van der Waals surface area contributed by atoms with Crippen LogP contribution in [0.15, 0.2) is 6.20 Å². The van der Waals surface area contributed by atoms with Gasteiger partial charge >= 0.3 is 0 Å². The number of carbonyl (C=O) groups is 1. The van der Waals surface area contributed by atoms with E-state index in [9.17, 15) is 4.79 Å². The van der Waals surface area contributed by atoms with E-state index in [2.05, 4.69) is 20.7 Å². The first-order valence-electron chi connectivity index (χ1n) is 4.43. The molecular formula is C8H14N4O2. The standard InChI is InChI=1S/C8H14N4O2/c1-3-6(5-14-2)10-8(13)7-4-9-12-11-7/h4,6H,3,5H2,1-2H3,(H,10,13)(H,9,11,12). The first-order chi connectivity index (χ1) is 6.77. The van der Waals surface area contributed by atoms with Gasteiger partial charge in [-0.2, -0.15) is 15.4 Å². The SMILES string of the molecule is CCC(COC)NC(=O)c1cn[nH]n1. The minimum atomic E-state index is -0.234. The molecule has 1 aromatic rings. The number of H-pyrrole nitrogens is 1. The average molecular weight is 198 g/mol. The van der Waals surface area contributed by atoms with Crippen molar-refractivity contribution in [2.75, 3.05) is 13.7 Å². The number of aromatic nitrogens is 3. The molecule has 0 aliphatic carbocycles. The minimum Gasteiger partial charge on any atom is -0.383 e. The molecule has 0 aliphatic rings. The summed E-state index contributed by atoms with van der Waals surface area (Å²) in [7, 11) is 1.60. The van der Waals surface area contributed by atoms with E-state index in [0.29, 0.717) is 12.3 Å². The molecule has 6 nitrogen and oxygen atoms in total. The van der Waals surface area contributed by atoms with E-state index >= 15 is 0 Å². The number of hydrogen-bond acceptors (Lipinski definition) is 4. The summed E-state index contributed by atoms with van der Waals surface area (Å²) in [5.74, 6) is -0.234. The zero-order valence-electron chi connectivity index (χ0n) is 8.28. The van der Waals surface area contributed by atoms with Crippen LogP contribution < -0.4 is 5.32 Å². The largest absolute Gasteiger partial charge is 0.383 e. The predicted octanol–water partition coefficient (Wildman–Crippen LogP) is -0.0405. The van der Waals surface area contributed by atoms with E-state index in [0.717, 1.165) is 6.42 Å². The van der Waals surface area contributed by atoms with Gasteiger partial charge in [0.1, 0.15) is 0 Å². The zero-order chi connectivity index (χ0) is 10.4. The van der Waals surface area contributed by atoms with Gasteiger partial charge < -0.3 is 10.1 Å². The topological polar surface area (TPSA) is 79.9 Å². The van der Waals surface area contributed by atoms with Crippen molar-refractivity contribution in [1.29, 1.82) is 0 Å². The third-order valence-electron chi connectivity index (χ3n) is 1.84. The summed E-state index contributed by atoms with van der Waals surface area (Å²) in [6.07, 6.45) is 2.20. The normalized spacial score (nSPS) is 12.4. The molecule has 78 valence electrons. The maximum Gasteiger partial charge on any atom is 0.273 e. The molecule has 2 N–H and O–H groups in total. The van der Waals surface area contributed by atoms with E-state index < -0.39 is 0 Å². The Kier molecular flexibility index (Phi) is 4.06. The monoisotopic (exact) mass is 198 g/mol. The van der Waals surface area contributed by atoms with Crippen molar-refractivity contribution in [2.45, 2.75) is 19.4 Å². The smallest absolute Gasteiger partial charge is 0.273 e. The zero-order valence-corrected chi connectivity index (χ0v) is 8.28. The second-order valence-corrected chi connectivity index (χ2v) is 2.89. The molecular weight excluding hydrogens is 184 g/mol. The lowest BCUT2D eigenvalue weighted by molar-refractivity contribution is 0.0889. The molecule has 0 aliphatic heterocycles. The Hall–Kier alpha value is -1.43. The number of amides is 1. The van der Waals surface area contributed by atoms with E-state index in [1.165, 1.54) is 6.20 Å². The summed E-state index contributed by atoms with van der Waals surface area (Å²) >= 11 is 0. The average Bonchev–Trinajstić information content (AvgIpc) is 2.69. The number of rotatable bonds is 5. The van der Waals surface area contributed by atoms with Crippen molar-refractivity contribution in [1.82, 2.24) is 20.7 Å². The van der Waals surface area contributed by atoms with Crippen molar-refractivity contribution in [3.8, 4) is 0 Å². The number of aromatic amines is 1. The summed E-state index contributed by atoms with van der Waals surface area (Å²) in [6.45, 7) is 2.48. The number of carbonyl (C=O) groups excluding carboxylic acids is 1. The molecule has 0 saturated heterocycles. The number of nitrogens with one attached hydrogen (secondary N) is 2. The summed E-state index contributed by atoms with van der Waals surface area (Å²) in [5.41, 5.74) is 0.291. The number of ether oxygens (including phenoxy) is 1. The van der Waals surface area contributed by atoms with Gasteiger partial charge in [-0.1, -0.05) is 6.92 Å².